The normalized spacial score (nSPS) is 21.1. The number of carboxylic acids is 1. The molecular formula is C14H25NO3. The van der Waals surface area contributed by atoms with Gasteiger partial charge in [-0.05, 0) is 18.3 Å². The van der Waals surface area contributed by atoms with E-state index in [0.29, 0.717) is 0 Å². The molecule has 1 aliphatic rings. The monoisotopic (exact) mass is 255 g/mol. The van der Waals surface area contributed by atoms with Gasteiger partial charge in [-0.15, -0.1) is 0 Å². The number of hydrogen-bond acceptors (Lipinski definition) is 2. The van der Waals surface area contributed by atoms with Crippen LogP contribution >= 0.6 is 0 Å². The summed E-state index contributed by atoms with van der Waals surface area (Å²) < 4.78 is 0. The van der Waals surface area contributed by atoms with Crippen molar-refractivity contribution in [1.29, 1.82) is 0 Å². The van der Waals surface area contributed by atoms with Crippen molar-refractivity contribution in [2.75, 3.05) is 0 Å². The van der Waals surface area contributed by atoms with Gasteiger partial charge in [0.25, 0.3) is 0 Å². The third-order valence-corrected chi connectivity index (χ3v) is 3.89. The van der Waals surface area contributed by atoms with Crippen LogP contribution < -0.4 is 5.32 Å². The van der Waals surface area contributed by atoms with Gasteiger partial charge in [0, 0.05) is 5.41 Å². The average molecular weight is 255 g/mol. The zero-order valence-electron chi connectivity index (χ0n) is 11.9. The quantitative estimate of drug-likeness (QED) is 0.814. The first kappa shape index (κ1) is 15.0. The van der Waals surface area contributed by atoms with Gasteiger partial charge in [-0.2, -0.15) is 0 Å². The summed E-state index contributed by atoms with van der Waals surface area (Å²) in [6, 6.07) is -0.830. The number of hydrogen-bond donors (Lipinski definition) is 2. The predicted octanol–water partition coefficient (Wildman–Crippen LogP) is 2.57. The van der Waals surface area contributed by atoms with Gasteiger partial charge in [0.05, 0.1) is 0 Å². The largest absolute Gasteiger partial charge is 0.480 e. The van der Waals surface area contributed by atoms with Crippen LogP contribution in [-0.4, -0.2) is 23.0 Å². The minimum atomic E-state index is -0.963. The molecule has 1 amide bonds. The maximum absolute atomic E-state index is 12.3. The van der Waals surface area contributed by atoms with Gasteiger partial charge in [-0.3, -0.25) is 4.79 Å². The van der Waals surface area contributed by atoms with E-state index in [1.165, 1.54) is 6.42 Å². The third kappa shape index (κ3) is 3.47. The number of carboxylic acid groups (broad SMARTS) is 1. The first-order chi connectivity index (χ1) is 8.17. The molecule has 0 radical (unpaired) electrons. The third-order valence-electron chi connectivity index (χ3n) is 3.89. The van der Waals surface area contributed by atoms with E-state index in [1.807, 2.05) is 27.7 Å². The molecular weight excluding hydrogens is 230 g/mol. The van der Waals surface area contributed by atoms with E-state index in [-0.39, 0.29) is 5.91 Å². The molecule has 0 aromatic carbocycles. The maximum atomic E-state index is 12.3. The van der Waals surface area contributed by atoms with E-state index in [4.69, 9.17) is 0 Å². The molecule has 0 aliphatic heterocycles. The van der Waals surface area contributed by atoms with Crippen LogP contribution in [0.5, 0.6) is 0 Å². The van der Waals surface area contributed by atoms with Crippen LogP contribution in [-0.2, 0) is 9.59 Å². The molecule has 1 atom stereocenters. The maximum Gasteiger partial charge on any atom is 0.326 e. The Morgan fingerprint density at radius 1 is 1.17 bits per heavy atom. The average Bonchev–Trinajstić information content (AvgIpc) is 2.24. The summed E-state index contributed by atoms with van der Waals surface area (Å²) >= 11 is 0. The Hall–Kier alpha value is -1.06. The van der Waals surface area contributed by atoms with E-state index in [1.54, 1.807) is 0 Å². The van der Waals surface area contributed by atoms with E-state index < -0.39 is 22.8 Å². The summed E-state index contributed by atoms with van der Waals surface area (Å²) in [6.45, 7) is 7.43. The van der Waals surface area contributed by atoms with Crippen molar-refractivity contribution in [3.63, 3.8) is 0 Å². The highest BCUT2D eigenvalue weighted by Gasteiger charge is 2.39. The number of nitrogens with one attached hydrogen (secondary N) is 1. The van der Waals surface area contributed by atoms with E-state index in [9.17, 15) is 14.7 Å². The number of carbonyl (C=O) groups excluding carboxylic acids is 1. The smallest absolute Gasteiger partial charge is 0.326 e. The second-order valence-electron chi connectivity index (χ2n) is 6.73. The van der Waals surface area contributed by atoms with Crippen molar-refractivity contribution in [1.82, 2.24) is 5.32 Å². The Kier molecular flexibility index (Phi) is 4.41. The van der Waals surface area contributed by atoms with Crippen LogP contribution in [0.25, 0.3) is 0 Å². The van der Waals surface area contributed by atoms with Crippen LogP contribution in [0.2, 0.25) is 0 Å². The van der Waals surface area contributed by atoms with Gasteiger partial charge >= 0.3 is 5.97 Å². The van der Waals surface area contributed by atoms with E-state index in [2.05, 4.69) is 5.32 Å². The number of amides is 1. The molecule has 0 aromatic rings. The van der Waals surface area contributed by atoms with Crippen molar-refractivity contribution in [2.45, 2.75) is 65.8 Å². The summed E-state index contributed by atoms with van der Waals surface area (Å²) in [5.74, 6) is -1.07. The lowest BCUT2D eigenvalue weighted by Crippen LogP contribution is -2.53. The highest BCUT2D eigenvalue weighted by molar-refractivity contribution is 5.87. The van der Waals surface area contributed by atoms with Crippen molar-refractivity contribution >= 4 is 11.9 Å². The molecule has 0 heterocycles. The minimum absolute atomic E-state index is 0.107. The molecule has 2 N–H and O–H groups in total. The van der Waals surface area contributed by atoms with Gasteiger partial charge in [0.15, 0.2) is 0 Å². The Balaban J connectivity index is 2.75. The minimum Gasteiger partial charge on any atom is -0.480 e. The van der Waals surface area contributed by atoms with Gasteiger partial charge in [-0.1, -0.05) is 47.0 Å². The molecule has 4 heteroatoms. The van der Waals surface area contributed by atoms with Crippen molar-refractivity contribution in [3.8, 4) is 0 Å². The fraction of sp³-hybridized carbons (Fsp3) is 0.857. The second kappa shape index (κ2) is 5.29. The second-order valence-corrected chi connectivity index (χ2v) is 6.73. The fourth-order valence-electron chi connectivity index (χ4n) is 2.51. The molecule has 104 valence electrons. The Labute approximate surface area is 109 Å². The summed E-state index contributed by atoms with van der Waals surface area (Å²) in [6.07, 6.45) is 4.99. The van der Waals surface area contributed by atoms with Crippen LogP contribution in [0, 0.1) is 10.8 Å². The summed E-state index contributed by atoms with van der Waals surface area (Å²) in [4.78, 5) is 23.6. The molecule has 1 aliphatic carbocycles. The Morgan fingerprint density at radius 2 is 1.67 bits per heavy atom. The van der Waals surface area contributed by atoms with E-state index in [0.717, 1.165) is 25.7 Å². The highest BCUT2D eigenvalue weighted by atomic mass is 16.4. The molecule has 18 heavy (non-hydrogen) atoms. The first-order valence-electron chi connectivity index (χ1n) is 6.70. The zero-order chi connectivity index (χ0) is 14.0. The lowest BCUT2D eigenvalue weighted by atomic mass is 9.74. The number of aliphatic carboxylic acids is 1. The van der Waals surface area contributed by atoms with Gasteiger partial charge in [0.1, 0.15) is 6.04 Å². The molecule has 0 bridgehead atoms. The predicted molar refractivity (Wildman–Crippen MR) is 70.2 cm³/mol. The lowest BCUT2D eigenvalue weighted by molar-refractivity contribution is -0.147. The van der Waals surface area contributed by atoms with Crippen LogP contribution in [0.15, 0.2) is 0 Å². The van der Waals surface area contributed by atoms with E-state index >= 15 is 0 Å². The van der Waals surface area contributed by atoms with Crippen molar-refractivity contribution in [2.24, 2.45) is 10.8 Å². The van der Waals surface area contributed by atoms with Gasteiger partial charge < -0.3 is 10.4 Å². The molecule has 0 aromatic heterocycles. The summed E-state index contributed by atoms with van der Waals surface area (Å²) in [5, 5.41) is 12.0. The van der Waals surface area contributed by atoms with Gasteiger partial charge in [-0.25, -0.2) is 4.79 Å². The lowest BCUT2D eigenvalue weighted by Gasteiger charge is -2.35. The molecule has 0 spiro atoms. The Morgan fingerprint density at radius 3 is 2.06 bits per heavy atom. The van der Waals surface area contributed by atoms with Gasteiger partial charge in [0.2, 0.25) is 5.91 Å². The summed E-state index contributed by atoms with van der Waals surface area (Å²) in [7, 11) is 0. The first-order valence-corrected chi connectivity index (χ1v) is 6.70. The molecule has 1 rings (SSSR count). The van der Waals surface area contributed by atoms with Crippen LogP contribution in [0.1, 0.15) is 59.8 Å². The van der Waals surface area contributed by atoms with Crippen LogP contribution in [0.3, 0.4) is 0 Å². The summed E-state index contributed by atoms with van der Waals surface area (Å²) in [5.41, 5.74) is -0.871. The molecule has 4 nitrogen and oxygen atoms in total. The molecule has 1 unspecified atom stereocenters. The topological polar surface area (TPSA) is 66.4 Å². The fourth-order valence-corrected chi connectivity index (χ4v) is 2.51. The molecule has 0 saturated heterocycles. The SMILES string of the molecule is CC1(C(=O)NC(C(=O)O)C(C)(C)C)CCCCC1. The molecule has 1 fully saturated rings. The van der Waals surface area contributed by atoms with Crippen LogP contribution in [0.4, 0.5) is 0 Å². The highest BCUT2D eigenvalue weighted by Crippen LogP contribution is 2.36. The number of rotatable bonds is 3. The van der Waals surface area contributed by atoms with Crippen molar-refractivity contribution < 1.29 is 14.7 Å². The Bertz CT molecular complexity index is 324. The van der Waals surface area contributed by atoms with Crippen molar-refractivity contribution in [3.05, 3.63) is 0 Å². The standard InChI is InChI=1S/C14H25NO3/c1-13(2,3)10(11(16)17)15-12(18)14(4)8-6-5-7-9-14/h10H,5-9H2,1-4H3,(H,15,18)(H,16,17). The number of carbonyl (C=O) groups is 2. The zero-order valence-corrected chi connectivity index (χ0v) is 11.9. The molecule has 1 saturated carbocycles.